The van der Waals surface area contributed by atoms with Gasteiger partial charge in [-0.1, -0.05) is 19.1 Å². The maximum absolute atomic E-state index is 12.3. The third-order valence-corrected chi connectivity index (χ3v) is 3.13. The Labute approximate surface area is 135 Å². The lowest BCUT2D eigenvalue weighted by Crippen LogP contribution is -2.13. The van der Waals surface area contributed by atoms with Crippen molar-refractivity contribution in [2.45, 2.75) is 20.3 Å². The van der Waals surface area contributed by atoms with Gasteiger partial charge in [-0.15, -0.1) is 0 Å². The lowest BCUT2D eigenvalue weighted by Gasteiger charge is -2.09. The van der Waals surface area contributed by atoms with E-state index in [1.54, 1.807) is 55.5 Å². The average molecular weight is 312 g/mol. The van der Waals surface area contributed by atoms with Crippen LogP contribution in [-0.4, -0.2) is 18.4 Å². The molecule has 0 spiro atoms. The van der Waals surface area contributed by atoms with Crippen molar-refractivity contribution in [3.8, 4) is 5.75 Å². The molecule has 2 N–H and O–H groups in total. The molecule has 0 bridgehead atoms. The Morgan fingerprint density at radius 1 is 0.957 bits per heavy atom. The van der Waals surface area contributed by atoms with Gasteiger partial charge in [0.05, 0.1) is 6.61 Å². The Kier molecular flexibility index (Phi) is 5.74. The second-order valence-electron chi connectivity index (χ2n) is 4.90. The maximum atomic E-state index is 12.3. The zero-order valence-electron chi connectivity index (χ0n) is 13.3. The second-order valence-corrected chi connectivity index (χ2v) is 4.90. The van der Waals surface area contributed by atoms with Crippen LogP contribution in [0.2, 0.25) is 0 Å². The van der Waals surface area contributed by atoms with Crippen molar-refractivity contribution in [3.05, 3.63) is 54.1 Å². The van der Waals surface area contributed by atoms with Gasteiger partial charge in [0.25, 0.3) is 5.91 Å². The lowest BCUT2D eigenvalue weighted by molar-refractivity contribution is -0.115. The molecule has 5 heteroatoms. The summed E-state index contributed by atoms with van der Waals surface area (Å²) in [6.45, 7) is 4.22. The highest BCUT2D eigenvalue weighted by Gasteiger charge is 2.08. The quantitative estimate of drug-likeness (QED) is 0.855. The van der Waals surface area contributed by atoms with Gasteiger partial charge in [0.2, 0.25) is 5.91 Å². The minimum absolute atomic E-state index is 0.0714. The molecule has 2 rings (SSSR count). The Morgan fingerprint density at radius 2 is 1.65 bits per heavy atom. The topological polar surface area (TPSA) is 67.4 Å². The van der Waals surface area contributed by atoms with E-state index in [1.807, 2.05) is 6.92 Å². The minimum Gasteiger partial charge on any atom is -0.494 e. The second kappa shape index (κ2) is 7.98. The molecule has 0 unspecified atom stereocenters. The first-order valence-electron chi connectivity index (χ1n) is 7.56. The molecule has 0 aromatic heterocycles. The van der Waals surface area contributed by atoms with Crippen LogP contribution in [-0.2, 0) is 4.79 Å². The lowest BCUT2D eigenvalue weighted by atomic mass is 10.2. The van der Waals surface area contributed by atoms with Crippen LogP contribution in [0.15, 0.2) is 48.5 Å². The molecule has 0 heterocycles. The van der Waals surface area contributed by atoms with Gasteiger partial charge in [-0.05, 0) is 43.3 Å². The smallest absolute Gasteiger partial charge is 0.255 e. The number of hydrogen-bond acceptors (Lipinski definition) is 3. The molecule has 120 valence electrons. The van der Waals surface area contributed by atoms with E-state index in [0.717, 1.165) is 0 Å². The Balaban J connectivity index is 2.09. The van der Waals surface area contributed by atoms with Gasteiger partial charge < -0.3 is 15.4 Å². The fourth-order valence-electron chi connectivity index (χ4n) is 2.02. The highest BCUT2D eigenvalue weighted by molar-refractivity contribution is 6.05. The first-order valence-corrected chi connectivity index (χ1v) is 7.56. The molecule has 0 aliphatic rings. The molecule has 0 aliphatic heterocycles. The van der Waals surface area contributed by atoms with Gasteiger partial charge in [-0.25, -0.2) is 0 Å². The summed E-state index contributed by atoms with van der Waals surface area (Å²) in [5.74, 6) is 0.354. The molecule has 0 fully saturated rings. The van der Waals surface area contributed by atoms with Crippen molar-refractivity contribution in [2.75, 3.05) is 17.2 Å². The molecule has 0 saturated carbocycles. The number of hydrogen-bond donors (Lipinski definition) is 2. The van der Waals surface area contributed by atoms with Crippen molar-refractivity contribution in [2.24, 2.45) is 0 Å². The number of carbonyl (C=O) groups excluding carboxylic acids is 2. The fraction of sp³-hybridized carbons (Fsp3) is 0.222. The molecule has 23 heavy (non-hydrogen) atoms. The van der Waals surface area contributed by atoms with E-state index in [1.165, 1.54) is 0 Å². The first-order chi connectivity index (χ1) is 11.1. The maximum Gasteiger partial charge on any atom is 0.255 e. The molecule has 5 nitrogen and oxygen atoms in total. The highest BCUT2D eigenvalue weighted by Crippen LogP contribution is 2.18. The van der Waals surface area contributed by atoms with Crippen molar-refractivity contribution >= 4 is 23.2 Å². The van der Waals surface area contributed by atoms with Gasteiger partial charge in [0, 0.05) is 23.4 Å². The molecule has 0 radical (unpaired) electrons. The van der Waals surface area contributed by atoms with Gasteiger partial charge in [-0.3, -0.25) is 9.59 Å². The molecular formula is C18H20N2O3. The van der Waals surface area contributed by atoms with Gasteiger partial charge >= 0.3 is 0 Å². The molecule has 0 saturated heterocycles. The standard InChI is InChI=1S/C18H20N2O3/c1-3-17(21)19-14-8-6-9-15(12-14)20-18(22)13-7-5-10-16(11-13)23-4-2/h5-12H,3-4H2,1-2H3,(H,19,21)(H,20,22). The highest BCUT2D eigenvalue weighted by atomic mass is 16.5. The van der Waals surface area contributed by atoms with Gasteiger partial charge in [0.15, 0.2) is 0 Å². The summed E-state index contributed by atoms with van der Waals surface area (Å²) in [5.41, 5.74) is 1.78. The number of ether oxygens (including phenoxy) is 1. The number of anilines is 2. The van der Waals surface area contributed by atoms with E-state index in [2.05, 4.69) is 10.6 Å². The van der Waals surface area contributed by atoms with E-state index in [4.69, 9.17) is 4.74 Å². The number of benzene rings is 2. The monoisotopic (exact) mass is 312 g/mol. The third-order valence-electron chi connectivity index (χ3n) is 3.13. The number of nitrogens with one attached hydrogen (secondary N) is 2. The van der Waals surface area contributed by atoms with Crippen LogP contribution in [0.25, 0.3) is 0 Å². The summed E-state index contributed by atoms with van der Waals surface area (Å²) in [7, 11) is 0. The third kappa shape index (κ3) is 4.85. The average Bonchev–Trinajstić information content (AvgIpc) is 2.55. The molecule has 0 aliphatic carbocycles. The summed E-state index contributed by atoms with van der Waals surface area (Å²) in [6, 6.07) is 14.0. The van der Waals surface area contributed by atoms with E-state index >= 15 is 0 Å². The summed E-state index contributed by atoms with van der Waals surface area (Å²) < 4.78 is 5.39. The van der Waals surface area contributed by atoms with Gasteiger partial charge in [0.1, 0.15) is 5.75 Å². The van der Waals surface area contributed by atoms with E-state index in [-0.39, 0.29) is 11.8 Å². The van der Waals surface area contributed by atoms with E-state index < -0.39 is 0 Å². The van der Waals surface area contributed by atoms with Crippen LogP contribution in [0.3, 0.4) is 0 Å². The summed E-state index contributed by atoms with van der Waals surface area (Å²) in [4.78, 5) is 23.7. The zero-order valence-corrected chi connectivity index (χ0v) is 13.3. The first kappa shape index (κ1) is 16.5. The molecule has 2 aromatic carbocycles. The number of amides is 2. The summed E-state index contributed by atoms with van der Waals surface area (Å²) in [6.07, 6.45) is 0.404. The van der Waals surface area contributed by atoms with E-state index in [9.17, 15) is 9.59 Å². The molecule has 0 atom stereocenters. The number of carbonyl (C=O) groups is 2. The zero-order chi connectivity index (χ0) is 16.7. The number of rotatable bonds is 6. The van der Waals surface area contributed by atoms with Crippen molar-refractivity contribution in [1.29, 1.82) is 0 Å². The Morgan fingerprint density at radius 3 is 2.35 bits per heavy atom. The van der Waals surface area contributed by atoms with Crippen molar-refractivity contribution < 1.29 is 14.3 Å². The van der Waals surface area contributed by atoms with Crippen LogP contribution in [0.5, 0.6) is 5.75 Å². The minimum atomic E-state index is -0.231. The normalized spacial score (nSPS) is 10.0. The largest absolute Gasteiger partial charge is 0.494 e. The van der Waals surface area contributed by atoms with Crippen molar-refractivity contribution in [1.82, 2.24) is 0 Å². The Bertz CT molecular complexity index is 698. The van der Waals surface area contributed by atoms with Crippen LogP contribution in [0.1, 0.15) is 30.6 Å². The van der Waals surface area contributed by atoms with E-state index in [0.29, 0.717) is 35.7 Å². The summed E-state index contributed by atoms with van der Waals surface area (Å²) >= 11 is 0. The predicted molar refractivity (Wildman–Crippen MR) is 90.9 cm³/mol. The van der Waals surface area contributed by atoms with Crippen LogP contribution >= 0.6 is 0 Å². The SMILES string of the molecule is CCOc1cccc(C(=O)Nc2cccc(NC(=O)CC)c2)c1. The van der Waals surface area contributed by atoms with Crippen LogP contribution in [0, 0.1) is 0 Å². The van der Waals surface area contributed by atoms with Gasteiger partial charge in [-0.2, -0.15) is 0 Å². The Hall–Kier alpha value is -2.82. The van der Waals surface area contributed by atoms with Crippen LogP contribution < -0.4 is 15.4 Å². The van der Waals surface area contributed by atoms with Crippen LogP contribution in [0.4, 0.5) is 11.4 Å². The molecule has 2 aromatic rings. The predicted octanol–water partition coefficient (Wildman–Crippen LogP) is 3.69. The fourth-order valence-corrected chi connectivity index (χ4v) is 2.02. The summed E-state index contributed by atoms with van der Waals surface area (Å²) in [5, 5.41) is 5.57. The molecular weight excluding hydrogens is 292 g/mol. The molecule has 2 amide bonds. The van der Waals surface area contributed by atoms with Crippen molar-refractivity contribution in [3.63, 3.8) is 0 Å².